The molecule has 2 aromatic carbocycles. The van der Waals surface area contributed by atoms with Gasteiger partial charge in [0.2, 0.25) is 0 Å². The summed E-state index contributed by atoms with van der Waals surface area (Å²) in [5.41, 5.74) is 4.37. The summed E-state index contributed by atoms with van der Waals surface area (Å²) >= 11 is 0. The summed E-state index contributed by atoms with van der Waals surface area (Å²) in [5.74, 6) is 1.51. The highest BCUT2D eigenvalue weighted by molar-refractivity contribution is 6.07. The summed E-state index contributed by atoms with van der Waals surface area (Å²) in [5, 5.41) is 0.878. The van der Waals surface area contributed by atoms with E-state index in [-0.39, 0.29) is 5.91 Å². The summed E-state index contributed by atoms with van der Waals surface area (Å²) in [6.45, 7) is 6.57. The Morgan fingerprint density at radius 3 is 2.55 bits per heavy atom. The molecule has 5 heteroatoms. The van der Waals surface area contributed by atoms with Crippen molar-refractivity contribution in [3.63, 3.8) is 0 Å². The van der Waals surface area contributed by atoms with E-state index in [1.54, 1.807) is 0 Å². The van der Waals surface area contributed by atoms with Crippen molar-refractivity contribution < 1.29 is 14.3 Å². The minimum atomic E-state index is 0.0508. The Balaban J connectivity index is 1.59. The van der Waals surface area contributed by atoms with Crippen LogP contribution in [-0.4, -0.2) is 42.1 Å². The van der Waals surface area contributed by atoms with Gasteiger partial charge in [0, 0.05) is 24.0 Å². The third-order valence-electron chi connectivity index (χ3n) is 5.54. The average molecular weight is 386 g/mol. The molecule has 1 fully saturated rings. The fourth-order valence-corrected chi connectivity index (χ4v) is 3.90. The smallest absolute Gasteiger partial charge is 0.254 e. The van der Waals surface area contributed by atoms with E-state index in [0.29, 0.717) is 37.6 Å². The first-order valence-corrected chi connectivity index (χ1v) is 9.95. The molecule has 1 aromatic heterocycles. The summed E-state index contributed by atoms with van der Waals surface area (Å²) in [7, 11) is 0. The minimum absolute atomic E-state index is 0.0508. The monoisotopic (exact) mass is 386 g/mol. The van der Waals surface area contributed by atoms with Gasteiger partial charge >= 0.3 is 0 Å². The van der Waals surface area contributed by atoms with Gasteiger partial charge in [0.25, 0.3) is 5.91 Å². The molecule has 146 valence electrons. The largest absolute Gasteiger partial charge is 0.486 e. The molecule has 1 saturated heterocycles. The topological polar surface area (TPSA) is 51.7 Å². The fraction of sp³-hybridized carbons (Fsp3) is 0.250. The maximum absolute atomic E-state index is 13.4. The highest BCUT2D eigenvalue weighted by atomic mass is 16.6. The standard InChI is InChI=1S/C24H22N2O3/c1-16-8-10-26(11-9-16)24(27)19-15-21(25-20-5-3-2-4-18(19)20)17-6-7-22-23(14-17)29-13-12-28-22/h2-7,14-15H,1,8-13H2. The van der Waals surface area contributed by atoms with Crippen molar-refractivity contribution in [1.29, 1.82) is 0 Å². The van der Waals surface area contributed by atoms with Crippen LogP contribution in [0.25, 0.3) is 22.2 Å². The Labute approximate surface area is 169 Å². The van der Waals surface area contributed by atoms with Crippen molar-refractivity contribution in [2.45, 2.75) is 12.8 Å². The number of nitrogens with zero attached hydrogens (tertiary/aromatic N) is 2. The van der Waals surface area contributed by atoms with Crippen molar-refractivity contribution in [2.24, 2.45) is 0 Å². The number of hydrogen-bond acceptors (Lipinski definition) is 4. The predicted octanol–water partition coefficient (Wildman–Crippen LogP) is 4.47. The van der Waals surface area contributed by atoms with Gasteiger partial charge in [-0.3, -0.25) is 4.79 Å². The van der Waals surface area contributed by atoms with Gasteiger partial charge in [-0.15, -0.1) is 0 Å². The average Bonchev–Trinajstić information content (AvgIpc) is 2.78. The number of carbonyl (C=O) groups is 1. The molecule has 2 aliphatic heterocycles. The second-order valence-corrected chi connectivity index (χ2v) is 7.47. The van der Waals surface area contributed by atoms with Gasteiger partial charge in [-0.05, 0) is 43.2 Å². The maximum atomic E-state index is 13.4. The third kappa shape index (κ3) is 3.33. The van der Waals surface area contributed by atoms with Crippen LogP contribution in [0.5, 0.6) is 11.5 Å². The number of pyridine rings is 1. The zero-order chi connectivity index (χ0) is 19.8. The van der Waals surface area contributed by atoms with Crippen LogP contribution in [0.2, 0.25) is 0 Å². The number of rotatable bonds is 2. The van der Waals surface area contributed by atoms with Gasteiger partial charge in [0.1, 0.15) is 13.2 Å². The van der Waals surface area contributed by atoms with Crippen LogP contribution in [0.3, 0.4) is 0 Å². The van der Waals surface area contributed by atoms with E-state index >= 15 is 0 Å². The van der Waals surface area contributed by atoms with Crippen LogP contribution in [0, 0.1) is 0 Å². The molecule has 0 atom stereocenters. The molecule has 0 spiro atoms. The normalized spacial score (nSPS) is 16.1. The summed E-state index contributed by atoms with van der Waals surface area (Å²) < 4.78 is 11.3. The van der Waals surface area contributed by atoms with Crippen LogP contribution in [-0.2, 0) is 0 Å². The Morgan fingerprint density at radius 2 is 1.72 bits per heavy atom. The van der Waals surface area contributed by atoms with E-state index in [2.05, 4.69) is 6.58 Å². The zero-order valence-electron chi connectivity index (χ0n) is 16.2. The predicted molar refractivity (Wildman–Crippen MR) is 112 cm³/mol. The number of benzene rings is 2. The molecule has 0 saturated carbocycles. The van der Waals surface area contributed by atoms with Gasteiger partial charge in [0.05, 0.1) is 16.8 Å². The van der Waals surface area contributed by atoms with Gasteiger partial charge in [-0.1, -0.05) is 30.4 Å². The summed E-state index contributed by atoms with van der Waals surface area (Å²) in [6.07, 6.45) is 1.73. The van der Waals surface area contributed by atoms with Gasteiger partial charge in [0.15, 0.2) is 11.5 Å². The van der Waals surface area contributed by atoms with Crippen LogP contribution in [0.15, 0.2) is 60.7 Å². The van der Waals surface area contributed by atoms with Gasteiger partial charge in [-0.25, -0.2) is 4.98 Å². The molecule has 0 radical (unpaired) electrons. The van der Waals surface area contributed by atoms with Crippen molar-refractivity contribution in [3.05, 3.63) is 66.2 Å². The number of fused-ring (bicyclic) bond motifs is 2. The van der Waals surface area contributed by atoms with Crippen LogP contribution >= 0.6 is 0 Å². The lowest BCUT2D eigenvalue weighted by Crippen LogP contribution is -2.36. The highest BCUT2D eigenvalue weighted by Gasteiger charge is 2.23. The number of para-hydroxylation sites is 1. The number of piperidine rings is 1. The second-order valence-electron chi connectivity index (χ2n) is 7.47. The van der Waals surface area contributed by atoms with E-state index < -0.39 is 0 Å². The Hall–Kier alpha value is -3.34. The fourth-order valence-electron chi connectivity index (χ4n) is 3.90. The molecule has 5 nitrogen and oxygen atoms in total. The second kappa shape index (κ2) is 7.24. The molecule has 5 rings (SSSR count). The molecule has 3 heterocycles. The molecular formula is C24H22N2O3. The summed E-state index contributed by atoms with van der Waals surface area (Å²) in [4.78, 5) is 20.1. The lowest BCUT2D eigenvalue weighted by molar-refractivity contribution is 0.0746. The number of hydrogen-bond donors (Lipinski definition) is 0. The minimum Gasteiger partial charge on any atom is -0.486 e. The quantitative estimate of drug-likeness (QED) is 0.610. The van der Waals surface area contributed by atoms with Crippen molar-refractivity contribution in [2.75, 3.05) is 26.3 Å². The molecule has 0 unspecified atom stereocenters. The van der Waals surface area contributed by atoms with Gasteiger partial charge in [-0.2, -0.15) is 0 Å². The van der Waals surface area contributed by atoms with E-state index in [4.69, 9.17) is 14.5 Å². The molecule has 0 N–H and O–H groups in total. The van der Waals surface area contributed by atoms with Crippen molar-refractivity contribution in [1.82, 2.24) is 9.88 Å². The highest BCUT2D eigenvalue weighted by Crippen LogP contribution is 2.35. The number of ether oxygens (including phenoxy) is 2. The molecule has 29 heavy (non-hydrogen) atoms. The first-order valence-electron chi connectivity index (χ1n) is 9.95. The number of aromatic nitrogens is 1. The van der Waals surface area contributed by atoms with Crippen molar-refractivity contribution >= 4 is 16.8 Å². The Kier molecular flexibility index (Phi) is 4.43. The van der Waals surface area contributed by atoms with E-state index in [9.17, 15) is 4.79 Å². The Bertz CT molecular complexity index is 1110. The molecule has 0 aliphatic carbocycles. The van der Waals surface area contributed by atoms with E-state index in [0.717, 1.165) is 40.8 Å². The number of likely N-dealkylation sites (tertiary alicyclic amines) is 1. The third-order valence-corrected chi connectivity index (χ3v) is 5.54. The lowest BCUT2D eigenvalue weighted by atomic mass is 10.0. The molecule has 0 bridgehead atoms. The van der Waals surface area contributed by atoms with Gasteiger partial charge < -0.3 is 14.4 Å². The zero-order valence-corrected chi connectivity index (χ0v) is 16.2. The van der Waals surface area contributed by atoms with E-state index in [1.807, 2.05) is 53.4 Å². The molecule has 2 aliphatic rings. The molecule has 3 aromatic rings. The first-order chi connectivity index (χ1) is 14.2. The molecular weight excluding hydrogens is 364 g/mol. The SMILES string of the molecule is C=C1CCN(C(=O)c2cc(-c3ccc4c(c3)OCCO4)nc3ccccc23)CC1. The Morgan fingerprint density at radius 1 is 0.966 bits per heavy atom. The summed E-state index contributed by atoms with van der Waals surface area (Å²) in [6, 6.07) is 15.5. The first kappa shape index (κ1) is 17.7. The number of amides is 1. The van der Waals surface area contributed by atoms with E-state index in [1.165, 1.54) is 5.57 Å². The van der Waals surface area contributed by atoms with Crippen LogP contribution < -0.4 is 9.47 Å². The maximum Gasteiger partial charge on any atom is 0.254 e. The van der Waals surface area contributed by atoms with Crippen molar-refractivity contribution in [3.8, 4) is 22.8 Å². The number of carbonyl (C=O) groups excluding carboxylic acids is 1. The molecule has 1 amide bonds. The van der Waals surface area contributed by atoms with Crippen LogP contribution in [0.1, 0.15) is 23.2 Å². The lowest BCUT2D eigenvalue weighted by Gasteiger charge is -2.28. The van der Waals surface area contributed by atoms with Crippen LogP contribution in [0.4, 0.5) is 0 Å².